The van der Waals surface area contributed by atoms with Crippen molar-refractivity contribution in [2.75, 3.05) is 13.7 Å². The van der Waals surface area contributed by atoms with Crippen molar-refractivity contribution in [1.29, 1.82) is 0 Å². The predicted octanol–water partition coefficient (Wildman–Crippen LogP) is 0.425. The van der Waals surface area contributed by atoms with E-state index < -0.39 is 24.1 Å². The second-order valence-electron chi connectivity index (χ2n) is 4.90. The molecule has 0 aromatic heterocycles. The van der Waals surface area contributed by atoms with E-state index in [-0.39, 0.29) is 19.5 Å². The summed E-state index contributed by atoms with van der Waals surface area (Å²) in [5, 5.41) is 21.2. The van der Waals surface area contributed by atoms with Crippen LogP contribution in [0.3, 0.4) is 0 Å². The van der Waals surface area contributed by atoms with Crippen molar-refractivity contribution in [1.82, 2.24) is 10.2 Å². The number of hydrogen-bond donors (Lipinski definition) is 3. The number of nitrogens with zero attached hydrogens (tertiary/aromatic N) is 1. The van der Waals surface area contributed by atoms with E-state index in [4.69, 9.17) is 9.84 Å². The third kappa shape index (κ3) is 3.63. The zero-order valence-electron chi connectivity index (χ0n) is 11.7. The Morgan fingerprint density at radius 1 is 1.38 bits per heavy atom. The lowest BCUT2D eigenvalue weighted by Crippen LogP contribution is -2.45. The fraction of sp³-hybridized carbons (Fsp3) is 0.429. The number of benzene rings is 1. The standard InChI is InChI=1S/C14H18N2O5/c1-21-11-4-2-9(3-5-11)7-15-14(20)16-8-10(17)6-12(16)13(18)19/h2-5,10,12,17H,6-8H2,1H3,(H,15,20)(H,18,19)/t10?,12-/m0/s1. The van der Waals surface area contributed by atoms with E-state index in [0.717, 1.165) is 16.2 Å². The highest BCUT2D eigenvalue weighted by Gasteiger charge is 2.38. The minimum absolute atomic E-state index is 0.0331. The number of hydrogen-bond acceptors (Lipinski definition) is 4. The lowest BCUT2D eigenvalue weighted by Gasteiger charge is -2.21. The quantitative estimate of drug-likeness (QED) is 0.747. The molecule has 2 rings (SSSR count). The fourth-order valence-electron chi connectivity index (χ4n) is 2.29. The van der Waals surface area contributed by atoms with Crippen LogP contribution in [-0.2, 0) is 11.3 Å². The maximum atomic E-state index is 12.0. The second-order valence-corrected chi connectivity index (χ2v) is 4.90. The van der Waals surface area contributed by atoms with E-state index >= 15 is 0 Å². The number of β-amino-alcohol motifs (C(OH)–C–C–N with tert-alkyl or cyclic N) is 1. The number of carbonyl (C=O) groups is 2. The first-order valence-electron chi connectivity index (χ1n) is 6.59. The van der Waals surface area contributed by atoms with Crippen LogP contribution in [0.25, 0.3) is 0 Å². The number of amides is 2. The summed E-state index contributed by atoms with van der Waals surface area (Å²) in [7, 11) is 1.57. The molecule has 7 heteroatoms. The maximum Gasteiger partial charge on any atom is 0.326 e. The summed E-state index contributed by atoms with van der Waals surface area (Å²) in [6.07, 6.45) is -0.733. The highest BCUT2D eigenvalue weighted by atomic mass is 16.5. The van der Waals surface area contributed by atoms with Gasteiger partial charge in [-0.15, -0.1) is 0 Å². The van der Waals surface area contributed by atoms with Crippen LogP contribution in [-0.4, -0.2) is 52.9 Å². The third-order valence-corrected chi connectivity index (χ3v) is 3.43. The first-order chi connectivity index (χ1) is 10.0. The monoisotopic (exact) mass is 294 g/mol. The molecule has 0 bridgehead atoms. The molecule has 1 aromatic carbocycles. The molecule has 0 aliphatic carbocycles. The molecule has 1 aliphatic heterocycles. The molecule has 2 atom stereocenters. The van der Waals surface area contributed by atoms with Gasteiger partial charge in [-0.05, 0) is 17.7 Å². The van der Waals surface area contributed by atoms with Crippen LogP contribution in [0.4, 0.5) is 4.79 Å². The van der Waals surface area contributed by atoms with Gasteiger partial charge in [0.2, 0.25) is 0 Å². The van der Waals surface area contributed by atoms with Gasteiger partial charge in [0.25, 0.3) is 0 Å². The summed E-state index contributed by atoms with van der Waals surface area (Å²) < 4.78 is 5.04. The number of urea groups is 1. The van der Waals surface area contributed by atoms with Gasteiger partial charge in [-0.1, -0.05) is 12.1 Å². The van der Waals surface area contributed by atoms with E-state index in [1.807, 2.05) is 12.1 Å². The highest BCUT2D eigenvalue weighted by Crippen LogP contribution is 2.18. The topological polar surface area (TPSA) is 99.1 Å². The Bertz CT molecular complexity index is 517. The van der Waals surface area contributed by atoms with Gasteiger partial charge in [0.05, 0.1) is 13.2 Å². The van der Waals surface area contributed by atoms with E-state index in [1.165, 1.54) is 0 Å². The van der Waals surface area contributed by atoms with Crippen molar-refractivity contribution >= 4 is 12.0 Å². The SMILES string of the molecule is COc1ccc(CNC(=O)N2CC(O)C[C@H]2C(=O)O)cc1. The molecule has 1 saturated heterocycles. The van der Waals surface area contributed by atoms with Crippen LogP contribution >= 0.6 is 0 Å². The average Bonchev–Trinajstić information content (AvgIpc) is 2.87. The molecule has 1 fully saturated rings. The Balaban J connectivity index is 1.92. The molecule has 114 valence electrons. The zero-order chi connectivity index (χ0) is 15.4. The van der Waals surface area contributed by atoms with Gasteiger partial charge in [-0.3, -0.25) is 0 Å². The second kappa shape index (κ2) is 6.45. The summed E-state index contributed by atoms with van der Waals surface area (Å²) >= 11 is 0. The number of rotatable bonds is 4. The minimum Gasteiger partial charge on any atom is -0.497 e. The number of carbonyl (C=O) groups excluding carboxylic acids is 1. The summed E-state index contributed by atoms with van der Waals surface area (Å²) in [6, 6.07) is 5.72. The molecule has 0 spiro atoms. The third-order valence-electron chi connectivity index (χ3n) is 3.43. The summed E-state index contributed by atoms with van der Waals surface area (Å²) in [5.74, 6) is -0.384. The van der Waals surface area contributed by atoms with Gasteiger partial charge in [0.1, 0.15) is 11.8 Å². The first kappa shape index (κ1) is 15.1. The molecule has 0 radical (unpaired) electrons. The number of aliphatic hydroxyl groups is 1. The van der Waals surface area contributed by atoms with Crippen molar-refractivity contribution in [3.05, 3.63) is 29.8 Å². The van der Waals surface area contributed by atoms with Crippen molar-refractivity contribution in [3.8, 4) is 5.75 Å². The molecule has 2 amide bonds. The van der Waals surface area contributed by atoms with Crippen LogP contribution in [0, 0.1) is 0 Å². The Kier molecular flexibility index (Phi) is 4.64. The summed E-state index contributed by atoms with van der Waals surface area (Å²) in [5.41, 5.74) is 0.871. The predicted molar refractivity (Wildman–Crippen MR) is 74.0 cm³/mol. The van der Waals surface area contributed by atoms with Gasteiger partial charge >= 0.3 is 12.0 Å². The Labute approximate surface area is 122 Å². The largest absolute Gasteiger partial charge is 0.497 e. The Morgan fingerprint density at radius 3 is 2.62 bits per heavy atom. The molecular weight excluding hydrogens is 276 g/mol. The number of likely N-dealkylation sites (tertiary alicyclic amines) is 1. The summed E-state index contributed by atoms with van der Waals surface area (Å²) in [4.78, 5) is 24.2. The van der Waals surface area contributed by atoms with E-state index in [9.17, 15) is 14.7 Å². The number of aliphatic hydroxyl groups excluding tert-OH is 1. The maximum absolute atomic E-state index is 12.0. The normalized spacial score (nSPS) is 21.1. The number of nitrogens with one attached hydrogen (secondary N) is 1. The van der Waals surface area contributed by atoms with Crippen molar-refractivity contribution < 1.29 is 24.5 Å². The van der Waals surface area contributed by atoms with Crippen LogP contribution in [0.2, 0.25) is 0 Å². The molecule has 1 aliphatic rings. The van der Waals surface area contributed by atoms with Gasteiger partial charge in [0.15, 0.2) is 0 Å². The van der Waals surface area contributed by atoms with Gasteiger partial charge in [-0.2, -0.15) is 0 Å². The lowest BCUT2D eigenvalue weighted by molar-refractivity contribution is -0.141. The Morgan fingerprint density at radius 2 is 2.05 bits per heavy atom. The van der Waals surface area contributed by atoms with Crippen LogP contribution in [0.15, 0.2) is 24.3 Å². The molecule has 21 heavy (non-hydrogen) atoms. The van der Waals surface area contributed by atoms with Gasteiger partial charge in [0, 0.05) is 19.5 Å². The summed E-state index contributed by atoms with van der Waals surface area (Å²) in [6.45, 7) is 0.313. The Hall–Kier alpha value is -2.28. The number of methoxy groups -OCH3 is 1. The van der Waals surface area contributed by atoms with Crippen LogP contribution in [0.1, 0.15) is 12.0 Å². The molecular formula is C14H18N2O5. The van der Waals surface area contributed by atoms with Gasteiger partial charge in [-0.25, -0.2) is 9.59 Å². The smallest absolute Gasteiger partial charge is 0.326 e. The van der Waals surface area contributed by atoms with E-state index in [2.05, 4.69) is 5.32 Å². The molecule has 3 N–H and O–H groups in total. The number of aliphatic carboxylic acids is 1. The first-order valence-corrected chi connectivity index (χ1v) is 6.59. The fourth-order valence-corrected chi connectivity index (χ4v) is 2.29. The number of carboxylic acid groups (broad SMARTS) is 1. The molecule has 0 saturated carbocycles. The zero-order valence-corrected chi connectivity index (χ0v) is 11.7. The lowest BCUT2D eigenvalue weighted by atomic mass is 10.2. The van der Waals surface area contributed by atoms with Crippen molar-refractivity contribution in [2.24, 2.45) is 0 Å². The minimum atomic E-state index is -1.11. The molecule has 1 heterocycles. The van der Waals surface area contributed by atoms with E-state index in [1.54, 1.807) is 19.2 Å². The average molecular weight is 294 g/mol. The molecule has 1 unspecified atom stereocenters. The van der Waals surface area contributed by atoms with Gasteiger partial charge < -0.3 is 25.2 Å². The molecule has 7 nitrogen and oxygen atoms in total. The van der Waals surface area contributed by atoms with Crippen LogP contribution < -0.4 is 10.1 Å². The van der Waals surface area contributed by atoms with E-state index in [0.29, 0.717) is 0 Å². The highest BCUT2D eigenvalue weighted by molar-refractivity contribution is 5.83. The van der Waals surface area contributed by atoms with Crippen LogP contribution in [0.5, 0.6) is 5.75 Å². The number of carboxylic acids is 1. The number of ether oxygens (including phenoxy) is 1. The van der Waals surface area contributed by atoms with Crippen molar-refractivity contribution in [3.63, 3.8) is 0 Å². The molecule has 1 aromatic rings. The van der Waals surface area contributed by atoms with Crippen molar-refractivity contribution in [2.45, 2.75) is 25.1 Å².